The van der Waals surface area contributed by atoms with E-state index in [0.29, 0.717) is 25.1 Å². The zero-order valence-electron chi connectivity index (χ0n) is 29.7. The fourth-order valence-electron chi connectivity index (χ4n) is 6.60. The van der Waals surface area contributed by atoms with Gasteiger partial charge in [0, 0.05) is 38.4 Å². The highest BCUT2D eigenvalue weighted by molar-refractivity contribution is 5.97. The maximum absolute atomic E-state index is 14.1. The summed E-state index contributed by atoms with van der Waals surface area (Å²) in [7, 11) is 1.75. The van der Waals surface area contributed by atoms with Crippen molar-refractivity contribution in [1.82, 2.24) is 25.3 Å². The van der Waals surface area contributed by atoms with Gasteiger partial charge in [0.25, 0.3) is 0 Å². The summed E-state index contributed by atoms with van der Waals surface area (Å²) in [4.78, 5) is 59.9. The van der Waals surface area contributed by atoms with E-state index in [2.05, 4.69) is 29.4 Å². The van der Waals surface area contributed by atoms with E-state index >= 15 is 0 Å². The Hall–Kier alpha value is -2.46. The minimum absolute atomic E-state index is 0.0105. The lowest BCUT2D eigenvalue weighted by molar-refractivity contribution is -0.142. The van der Waals surface area contributed by atoms with Crippen LogP contribution in [0.3, 0.4) is 0 Å². The molecule has 2 fully saturated rings. The van der Waals surface area contributed by atoms with Gasteiger partial charge in [-0.2, -0.15) is 0 Å². The summed E-state index contributed by atoms with van der Waals surface area (Å²) >= 11 is 0. The predicted molar refractivity (Wildman–Crippen MR) is 179 cm³/mol. The second kappa shape index (κ2) is 18.0. The average Bonchev–Trinajstić information content (AvgIpc) is 3.48. The quantitative estimate of drug-likeness (QED) is 0.186. The number of likely N-dealkylation sites (N-methyl/N-ethyl adjacent to an activating group) is 1. The number of nitrogens with one attached hydrogen (secondary N) is 2. The van der Waals surface area contributed by atoms with Crippen LogP contribution in [0.15, 0.2) is 11.6 Å². The summed E-state index contributed by atoms with van der Waals surface area (Å²) < 4.78 is 0. The normalized spacial score (nSPS) is 21.2. The van der Waals surface area contributed by atoms with Crippen LogP contribution in [0.25, 0.3) is 0 Å². The van der Waals surface area contributed by atoms with Crippen LogP contribution in [0.2, 0.25) is 0 Å². The second-order valence-electron chi connectivity index (χ2n) is 14.8. The van der Waals surface area contributed by atoms with Gasteiger partial charge in [-0.15, -0.1) is 0 Å². The lowest BCUT2D eigenvalue weighted by Gasteiger charge is -2.41. The Morgan fingerprint density at radius 2 is 1.56 bits per heavy atom. The summed E-state index contributed by atoms with van der Waals surface area (Å²) in [6.45, 7) is 18.0. The van der Waals surface area contributed by atoms with E-state index in [1.165, 1.54) is 0 Å². The van der Waals surface area contributed by atoms with Crippen molar-refractivity contribution in [1.29, 1.82) is 0 Å². The van der Waals surface area contributed by atoms with Crippen LogP contribution in [0.1, 0.15) is 113 Å². The number of aliphatic hydroxyl groups excluding tert-OH is 1. The molecule has 0 aromatic rings. The molecule has 0 spiro atoms. The molecule has 2 heterocycles. The van der Waals surface area contributed by atoms with Gasteiger partial charge in [0.1, 0.15) is 12.1 Å². The summed E-state index contributed by atoms with van der Waals surface area (Å²) in [5, 5.41) is 15.1. The average molecular weight is 634 g/mol. The third kappa shape index (κ3) is 11.1. The molecule has 0 radical (unpaired) electrons. The van der Waals surface area contributed by atoms with Gasteiger partial charge in [0.15, 0.2) is 0 Å². The molecule has 2 saturated heterocycles. The van der Waals surface area contributed by atoms with Crippen LogP contribution in [0, 0.1) is 11.3 Å². The van der Waals surface area contributed by atoms with Crippen LogP contribution < -0.4 is 10.6 Å². The van der Waals surface area contributed by atoms with Crippen molar-refractivity contribution >= 4 is 23.6 Å². The molecule has 10 nitrogen and oxygen atoms in total. The number of nitrogens with zero attached hydrogens (tertiary/aromatic N) is 3. The molecule has 45 heavy (non-hydrogen) atoms. The molecule has 2 rings (SSSR count). The van der Waals surface area contributed by atoms with Crippen molar-refractivity contribution in [2.45, 2.75) is 143 Å². The molecule has 0 aliphatic carbocycles. The zero-order valence-corrected chi connectivity index (χ0v) is 29.7. The van der Waals surface area contributed by atoms with Crippen molar-refractivity contribution < 1.29 is 24.3 Å². The summed E-state index contributed by atoms with van der Waals surface area (Å²) in [5.74, 6) is -0.585. The number of piperidine rings is 1. The van der Waals surface area contributed by atoms with Crippen LogP contribution in [0.5, 0.6) is 0 Å². The molecule has 0 saturated carbocycles. The predicted octanol–water partition coefficient (Wildman–Crippen LogP) is 3.87. The summed E-state index contributed by atoms with van der Waals surface area (Å²) in [6, 6.07) is -1.61. The van der Waals surface area contributed by atoms with Gasteiger partial charge in [0.2, 0.25) is 23.6 Å². The zero-order chi connectivity index (χ0) is 33.9. The topological polar surface area (TPSA) is 122 Å². The molecule has 0 aromatic carbocycles. The van der Waals surface area contributed by atoms with Crippen molar-refractivity contribution in [3.8, 4) is 0 Å². The number of hydrogen-bond acceptors (Lipinski definition) is 6. The van der Waals surface area contributed by atoms with E-state index in [4.69, 9.17) is 5.11 Å². The monoisotopic (exact) mass is 633 g/mol. The van der Waals surface area contributed by atoms with Gasteiger partial charge >= 0.3 is 0 Å². The minimum Gasteiger partial charge on any atom is -0.396 e. The highest BCUT2D eigenvalue weighted by atomic mass is 16.3. The van der Waals surface area contributed by atoms with Crippen molar-refractivity contribution in [3.05, 3.63) is 11.6 Å². The van der Waals surface area contributed by atoms with Crippen molar-refractivity contribution in [3.63, 3.8) is 0 Å². The Kier molecular flexibility index (Phi) is 15.5. The van der Waals surface area contributed by atoms with E-state index in [0.717, 1.165) is 57.9 Å². The van der Waals surface area contributed by atoms with Gasteiger partial charge in [-0.3, -0.25) is 24.1 Å². The molecule has 2 aliphatic heterocycles. The van der Waals surface area contributed by atoms with Crippen LogP contribution >= 0.6 is 0 Å². The molecule has 0 aromatic heterocycles. The molecule has 4 atom stereocenters. The van der Waals surface area contributed by atoms with Gasteiger partial charge < -0.3 is 25.5 Å². The first-order valence-electron chi connectivity index (χ1n) is 17.3. The van der Waals surface area contributed by atoms with E-state index in [1.807, 2.05) is 40.7 Å². The molecule has 258 valence electrons. The lowest BCUT2D eigenvalue weighted by Crippen LogP contribution is -2.60. The summed E-state index contributed by atoms with van der Waals surface area (Å²) in [6.07, 6.45) is 9.57. The highest BCUT2D eigenvalue weighted by Crippen LogP contribution is 2.27. The molecule has 10 heteroatoms. The Labute approximate surface area is 272 Å². The number of aliphatic hydroxyl groups is 1. The Morgan fingerprint density at radius 1 is 0.911 bits per heavy atom. The fourth-order valence-corrected chi connectivity index (χ4v) is 6.60. The maximum Gasteiger partial charge on any atom is 0.249 e. The number of hydrogen-bond donors (Lipinski definition) is 3. The third-order valence-electron chi connectivity index (χ3n) is 9.35. The van der Waals surface area contributed by atoms with Gasteiger partial charge in [-0.25, -0.2) is 0 Å². The van der Waals surface area contributed by atoms with E-state index < -0.39 is 17.5 Å². The number of rotatable bonds is 15. The molecular formula is C35H63N5O5. The molecule has 0 unspecified atom stereocenters. The van der Waals surface area contributed by atoms with E-state index in [-0.39, 0.29) is 54.3 Å². The third-order valence-corrected chi connectivity index (χ3v) is 9.35. The highest BCUT2D eigenvalue weighted by Gasteiger charge is 2.40. The van der Waals surface area contributed by atoms with E-state index in [9.17, 15) is 19.2 Å². The van der Waals surface area contributed by atoms with E-state index in [1.54, 1.807) is 23.8 Å². The van der Waals surface area contributed by atoms with Gasteiger partial charge in [-0.05, 0) is 77.2 Å². The first kappa shape index (κ1) is 38.7. The van der Waals surface area contributed by atoms with Gasteiger partial charge in [-0.1, -0.05) is 60.0 Å². The molecule has 3 N–H and O–H groups in total. The fraction of sp³-hybridized carbons (Fsp3) is 0.829. The first-order valence-corrected chi connectivity index (χ1v) is 17.3. The van der Waals surface area contributed by atoms with Crippen LogP contribution in [-0.4, -0.2) is 107 Å². The van der Waals surface area contributed by atoms with Crippen LogP contribution in [0.4, 0.5) is 0 Å². The SMILES string of the molecule is C/C(=C\[C@H](C(C)C)N(C)C(=O)[C@@H](NC(=O)[C@H]1CCCCN1C(C)C)C(C)(C)C)C(=O)N1CCC[C@H]1C(=O)NCCCCCCO. The maximum atomic E-state index is 14.1. The molecule has 0 bridgehead atoms. The summed E-state index contributed by atoms with van der Waals surface area (Å²) in [5.41, 5.74) is -0.0215. The Balaban J connectivity index is 2.16. The van der Waals surface area contributed by atoms with Gasteiger partial charge in [0.05, 0.1) is 12.1 Å². The first-order chi connectivity index (χ1) is 21.1. The number of likely N-dealkylation sites (tertiary alicyclic amines) is 2. The molecule has 2 aliphatic rings. The minimum atomic E-state index is -0.730. The largest absolute Gasteiger partial charge is 0.396 e. The van der Waals surface area contributed by atoms with Crippen molar-refractivity contribution in [2.75, 3.05) is 33.3 Å². The second-order valence-corrected chi connectivity index (χ2v) is 14.8. The standard InChI is InChI=1S/C35H63N5O5/c1-24(2)29(23-26(5)33(44)40-21-16-18-27(40)31(42)36-19-13-10-11-15-22-41)38(9)34(45)30(35(6,7)8)37-32(43)28-17-12-14-20-39(28)25(3)4/h23-25,27-30,41H,10-22H2,1-9H3,(H,36,42)(H,37,43)/b26-23+/t27-,28+,29+,30+/m0/s1. The van der Waals surface area contributed by atoms with Crippen LogP contribution in [-0.2, 0) is 19.2 Å². The van der Waals surface area contributed by atoms with Crippen molar-refractivity contribution in [2.24, 2.45) is 11.3 Å². The molecule has 4 amide bonds. The number of carbonyl (C=O) groups excluding carboxylic acids is 4. The Morgan fingerprint density at radius 3 is 2.16 bits per heavy atom. The lowest BCUT2D eigenvalue weighted by atomic mass is 9.84. The number of amides is 4. The molecular weight excluding hydrogens is 570 g/mol. The number of carbonyl (C=O) groups is 4. The smallest absolute Gasteiger partial charge is 0.249 e. The Bertz CT molecular complexity index is 1020. The number of unbranched alkanes of at least 4 members (excludes halogenated alkanes) is 3.